The van der Waals surface area contributed by atoms with Crippen molar-refractivity contribution in [3.05, 3.63) is 88.0 Å². The number of aromatic nitrogens is 3. The second-order valence-corrected chi connectivity index (χ2v) is 12.7. The van der Waals surface area contributed by atoms with Crippen LogP contribution in [0.5, 0.6) is 5.75 Å². The smallest absolute Gasteiger partial charge is 0.310 e. The molecule has 1 aromatic heterocycles. The minimum atomic E-state index is -1.04. The molecule has 0 saturated heterocycles. The van der Waals surface area contributed by atoms with E-state index >= 15 is 0 Å². The summed E-state index contributed by atoms with van der Waals surface area (Å²) in [6, 6.07) is 19.3. The van der Waals surface area contributed by atoms with Crippen LogP contribution in [0.4, 0.5) is 0 Å². The molecule has 0 saturated carbocycles. The zero-order valence-electron chi connectivity index (χ0n) is 24.2. The molecule has 7 heteroatoms. The van der Waals surface area contributed by atoms with Crippen LogP contribution >= 0.6 is 0 Å². The van der Waals surface area contributed by atoms with Crippen molar-refractivity contribution in [2.45, 2.75) is 71.6 Å². The number of fused-ring (bicyclic) bond motifs is 3. The number of para-hydroxylation sites is 1. The average molecular weight is 539 g/mol. The van der Waals surface area contributed by atoms with Crippen LogP contribution < -0.4 is 4.74 Å². The average Bonchev–Trinajstić information content (AvgIpc) is 3.45. The van der Waals surface area contributed by atoms with Gasteiger partial charge in [0.15, 0.2) is 0 Å². The van der Waals surface area contributed by atoms with Gasteiger partial charge in [-0.25, -0.2) is 4.68 Å². The van der Waals surface area contributed by atoms with Gasteiger partial charge in [-0.05, 0) is 87.4 Å². The van der Waals surface area contributed by atoms with Gasteiger partial charge in [0.05, 0.1) is 10.9 Å². The van der Waals surface area contributed by atoms with E-state index in [1.54, 1.807) is 4.68 Å². The molecule has 0 fully saturated rings. The molecule has 2 heterocycles. The lowest BCUT2D eigenvalue weighted by molar-refractivity contribution is -0.147. The summed E-state index contributed by atoms with van der Waals surface area (Å²) in [4.78, 5) is 15.3. The lowest BCUT2D eigenvalue weighted by atomic mass is 9.69. The zero-order chi connectivity index (χ0) is 28.4. The molecule has 0 spiro atoms. The summed E-state index contributed by atoms with van der Waals surface area (Å²) in [7, 11) is 1.88. The molecule has 0 amide bonds. The minimum Gasteiger partial charge on any atom is -0.486 e. The summed E-state index contributed by atoms with van der Waals surface area (Å²) in [5.74, 6) is -0.219. The predicted octanol–water partition coefficient (Wildman–Crippen LogP) is 6.18. The molecule has 40 heavy (non-hydrogen) atoms. The van der Waals surface area contributed by atoms with Crippen molar-refractivity contribution in [2.75, 3.05) is 6.54 Å². The van der Waals surface area contributed by atoms with Crippen LogP contribution in [0.1, 0.15) is 79.5 Å². The number of carbonyl (C=O) groups is 1. The van der Waals surface area contributed by atoms with Gasteiger partial charge in [0.25, 0.3) is 0 Å². The number of aryl methyl sites for hydroxylation is 3. The molecule has 1 N–H and O–H groups in total. The van der Waals surface area contributed by atoms with Crippen LogP contribution in [-0.2, 0) is 24.8 Å². The molecule has 0 unspecified atom stereocenters. The summed E-state index contributed by atoms with van der Waals surface area (Å²) in [6.45, 7) is 11.6. The van der Waals surface area contributed by atoms with E-state index in [-0.39, 0.29) is 17.6 Å². The number of carboxylic acid groups (broad SMARTS) is 1. The van der Waals surface area contributed by atoms with E-state index in [2.05, 4.69) is 71.5 Å². The summed E-state index contributed by atoms with van der Waals surface area (Å²) in [6.07, 6.45) is 2.05. The highest BCUT2D eigenvalue weighted by atomic mass is 16.5. The van der Waals surface area contributed by atoms with Crippen molar-refractivity contribution in [3.63, 3.8) is 0 Å². The molecule has 6 rings (SSSR count). The first kappa shape index (κ1) is 26.5. The van der Waals surface area contributed by atoms with Crippen molar-refractivity contribution in [1.82, 2.24) is 19.9 Å². The lowest BCUT2D eigenvalue weighted by Crippen LogP contribution is -2.41. The van der Waals surface area contributed by atoms with Crippen LogP contribution in [0.25, 0.3) is 11.0 Å². The third-order valence-corrected chi connectivity index (χ3v) is 8.97. The van der Waals surface area contributed by atoms with Gasteiger partial charge in [-0.2, -0.15) is 0 Å². The molecule has 0 bridgehead atoms. The third kappa shape index (κ3) is 4.37. The highest BCUT2D eigenvalue weighted by Crippen LogP contribution is 2.47. The molecule has 208 valence electrons. The minimum absolute atomic E-state index is 0.237. The van der Waals surface area contributed by atoms with E-state index in [1.807, 2.05) is 40.0 Å². The van der Waals surface area contributed by atoms with Crippen LogP contribution in [-0.4, -0.2) is 43.1 Å². The first-order valence-electron chi connectivity index (χ1n) is 14.1. The normalized spacial score (nSPS) is 19.5. The van der Waals surface area contributed by atoms with E-state index in [9.17, 15) is 9.90 Å². The van der Waals surface area contributed by atoms with Crippen molar-refractivity contribution >= 4 is 17.0 Å². The van der Waals surface area contributed by atoms with Crippen molar-refractivity contribution in [3.8, 4) is 5.75 Å². The Labute approximate surface area is 235 Å². The maximum absolute atomic E-state index is 12.7. The third-order valence-electron chi connectivity index (χ3n) is 8.97. The standard InChI is InChI=1S/C33H38N4O3/c1-20-24(14-16-27-30(20)34-35-36(27)6)29(33(4,5)31(38)39)22-12-11-21-13-15-26(25(21)17-22)37-18-23-9-7-8-10-28(23)40-32(2,3)19-37/h7-12,14,16-17,26,29H,13,15,18-19H2,1-6H3,(H,38,39)/t26-,29-/m0/s1. The van der Waals surface area contributed by atoms with Crippen molar-refractivity contribution in [2.24, 2.45) is 12.5 Å². The Hall–Kier alpha value is -3.71. The second kappa shape index (κ2) is 9.44. The van der Waals surface area contributed by atoms with Crippen molar-refractivity contribution < 1.29 is 14.6 Å². The predicted molar refractivity (Wildman–Crippen MR) is 156 cm³/mol. The van der Waals surface area contributed by atoms with E-state index in [1.165, 1.54) is 16.7 Å². The largest absolute Gasteiger partial charge is 0.486 e. The first-order chi connectivity index (χ1) is 19.0. The summed E-state index contributed by atoms with van der Waals surface area (Å²) in [5.41, 5.74) is 7.22. The Kier molecular flexibility index (Phi) is 6.26. The van der Waals surface area contributed by atoms with Gasteiger partial charge in [0.2, 0.25) is 0 Å². The summed E-state index contributed by atoms with van der Waals surface area (Å²) in [5, 5.41) is 19.0. The van der Waals surface area contributed by atoms with Crippen LogP contribution in [0.2, 0.25) is 0 Å². The molecule has 4 aromatic rings. The maximum atomic E-state index is 12.7. The molecule has 3 aromatic carbocycles. The second-order valence-electron chi connectivity index (χ2n) is 12.7. The van der Waals surface area contributed by atoms with Crippen LogP contribution in [0.3, 0.4) is 0 Å². The fourth-order valence-electron chi connectivity index (χ4n) is 6.88. The Morgan fingerprint density at radius 3 is 2.67 bits per heavy atom. The Bertz CT molecular complexity index is 1620. The number of aliphatic carboxylic acids is 1. The molecule has 1 aliphatic carbocycles. The van der Waals surface area contributed by atoms with Gasteiger partial charge < -0.3 is 9.84 Å². The van der Waals surface area contributed by atoms with Gasteiger partial charge in [-0.1, -0.05) is 47.7 Å². The zero-order valence-corrected chi connectivity index (χ0v) is 24.2. The lowest BCUT2D eigenvalue weighted by Gasteiger charge is -2.35. The van der Waals surface area contributed by atoms with Gasteiger partial charge in [0, 0.05) is 37.7 Å². The quantitative estimate of drug-likeness (QED) is 0.327. The van der Waals surface area contributed by atoms with E-state index in [0.717, 1.165) is 59.4 Å². The van der Waals surface area contributed by atoms with Gasteiger partial charge >= 0.3 is 5.97 Å². The van der Waals surface area contributed by atoms with Gasteiger partial charge in [-0.3, -0.25) is 9.69 Å². The molecule has 7 nitrogen and oxygen atoms in total. The van der Waals surface area contributed by atoms with Gasteiger partial charge in [0.1, 0.15) is 16.9 Å². The molecule has 1 aliphatic heterocycles. The Balaban J connectivity index is 1.45. The van der Waals surface area contributed by atoms with Gasteiger partial charge in [-0.15, -0.1) is 5.10 Å². The number of carboxylic acids is 1. The molecular weight excluding hydrogens is 500 g/mol. The first-order valence-corrected chi connectivity index (χ1v) is 14.1. The molecule has 2 atom stereocenters. The number of nitrogens with zero attached hydrogens (tertiary/aromatic N) is 4. The number of hydrogen-bond acceptors (Lipinski definition) is 5. The van der Waals surface area contributed by atoms with Crippen molar-refractivity contribution in [1.29, 1.82) is 0 Å². The highest BCUT2D eigenvalue weighted by Gasteiger charge is 2.42. The SMILES string of the molecule is Cc1c([C@H](c2ccc3c(c2)[C@@H](N2Cc4ccccc4OC(C)(C)C2)CC3)C(C)(C)C(=O)O)ccc2c1nnn2C. The summed E-state index contributed by atoms with van der Waals surface area (Å²) < 4.78 is 8.20. The number of benzene rings is 3. The van der Waals surface area contributed by atoms with E-state index < -0.39 is 11.4 Å². The highest BCUT2D eigenvalue weighted by molar-refractivity contribution is 5.81. The Morgan fingerprint density at radius 1 is 1.12 bits per heavy atom. The number of hydrogen-bond donors (Lipinski definition) is 1. The summed E-state index contributed by atoms with van der Waals surface area (Å²) >= 11 is 0. The van der Waals surface area contributed by atoms with E-state index in [4.69, 9.17) is 4.74 Å². The number of rotatable bonds is 5. The maximum Gasteiger partial charge on any atom is 0.310 e. The monoisotopic (exact) mass is 538 g/mol. The van der Waals surface area contributed by atoms with Crippen LogP contribution in [0, 0.1) is 12.3 Å². The molecule has 0 radical (unpaired) electrons. The molecular formula is C33H38N4O3. The van der Waals surface area contributed by atoms with E-state index in [0.29, 0.717) is 0 Å². The fraction of sp³-hybridized carbons (Fsp3) is 0.424. The topological polar surface area (TPSA) is 80.5 Å². The Morgan fingerprint density at radius 2 is 1.90 bits per heavy atom. The molecule has 2 aliphatic rings. The van der Waals surface area contributed by atoms with Crippen LogP contribution in [0.15, 0.2) is 54.6 Å². The number of ether oxygens (including phenoxy) is 1. The fourth-order valence-corrected chi connectivity index (χ4v) is 6.88.